The van der Waals surface area contributed by atoms with Crippen LogP contribution in [-0.2, 0) is 9.53 Å². The van der Waals surface area contributed by atoms with E-state index in [2.05, 4.69) is 0 Å². The van der Waals surface area contributed by atoms with Gasteiger partial charge in [-0.15, -0.1) is 0 Å². The average molecular weight is 200 g/mol. The number of hydrogen-bond acceptors (Lipinski definition) is 3. The van der Waals surface area contributed by atoms with Crippen LogP contribution in [0.25, 0.3) is 0 Å². The van der Waals surface area contributed by atoms with Crippen molar-refractivity contribution in [1.82, 2.24) is 0 Å². The summed E-state index contributed by atoms with van der Waals surface area (Å²) in [5.74, 6) is -0.119. The highest BCUT2D eigenvalue weighted by molar-refractivity contribution is 5.78. The Morgan fingerprint density at radius 3 is 2.50 bits per heavy atom. The molecule has 3 heteroatoms. The van der Waals surface area contributed by atoms with E-state index < -0.39 is 11.0 Å². The van der Waals surface area contributed by atoms with E-state index in [9.17, 15) is 9.90 Å². The summed E-state index contributed by atoms with van der Waals surface area (Å²) in [6, 6.07) is 0. The fourth-order valence-electron chi connectivity index (χ4n) is 2.18. The molecule has 1 N–H and O–H groups in total. The van der Waals surface area contributed by atoms with Crippen molar-refractivity contribution < 1.29 is 14.6 Å². The largest absolute Gasteiger partial charge is 0.465 e. The van der Waals surface area contributed by atoms with E-state index in [1.807, 2.05) is 6.92 Å². The van der Waals surface area contributed by atoms with E-state index in [0.29, 0.717) is 13.0 Å². The minimum absolute atomic E-state index is 0.150. The summed E-state index contributed by atoms with van der Waals surface area (Å²) in [5, 5.41) is 10.3. The first kappa shape index (κ1) is 11.5. The molecule has 3 nitrogen and oxygen atoms in total. The SMILES string of the molecule is CCOC(=O)[C@]1(C)CC[C@@H](C)[C@]1(C)O. The summed E-state index contributed by atoms with van der Waals surface area (Å²) in [6.07, 6.45) is 1.59. The topological polar surface area (TPSA) is 46.5 Å². The molecule has 0 saturated heterocycles. The van der Waals surface area contributed by atoms with E-state index in [4.69, 9.17) is 4.74 Å². The highest BCUT2D eigenvalue weighted by atomic mass is 16.5. The first-order valence-corrected chi connectivity index (χ1v) is 5.26. The van der Waals surface area contributed by atoms with Crippen LogP contribution < -0.4 is 0 Å². The molecule has 1 saturated carbocycles. The van der Waals surface area contributed by atoms with Gasteiger partial charge in [-0.2, -0.15) is 0 Å². The highest BCUT2D eigenvalue weighted by Gasteiger charge is 2.57. The lowest BCUT2D eigenvalue weighted by Crippen LogP contribution is -2.48. The first-order chi connectivity index (χ1) is 6.36. The lowest BCUT2D eigenvalue weighted by Gasteiger charge is -2.36. The van der Waals surface area contributed by atoms with Gasteiger partial charge in [0.25, 0.3) is 0 Å². The predicted molar refractivity (Wildman–Crippen MR) is 53.8 cm³/mol. The molecule has 0 aliphatic heterocycles. The zero-order chi connectivity index (χ0) is 11.0. The Hall–Kier alpha value is -0.570. The zero-order valence-electron chi connectivity index (χ0n) is 9.46. The smallest absolute Gasteiger partial charge is 0.314 e. The van der Waals surface area contributed by atoms with Crippen molar-refractivity contribution in [2.45, 2.75) is 46.1 Å². The molecule has 0 spiro atoms. The molecule has 82 valence electrons. The molecule has 0 aromatic heterocycles. The summed E-state index contributed by atoms with van der Waals surface area (Å²) < 4.78 is 5.01. The van der Waals surface area contributed by atoms with Crippen molar-refractivity contribution in [2.75, 3.05) is 6.61 Å². The molecular weight excluding hydrogens is 180 g/mol. The van der Waals surface area contributed by atoms with Gasteiger partial charge in [0.2, 0.25) is 0 Å². The van der Waals surface area contributed by atoms with Crippen LogP contribution in [0, 0.1) is 11.3 Å². The van der Waals surface area contributed by atoms with Gasteiger partial charge in [0, 0.05) is 0 Å². The van der Waals surface area contributed by atoms with Gasteiger partial charge in [0.05, 0.1) is 17.6 Å². The van der Waals surface area contributed by atoms with Crippen LogP contribution >= 0.6 is 0 Å². The van der Waals surface area contributed by atoms with Gasteiger partial charge in [0.1, 0.15) is 0 Å². The molecule has 0 bridgehead atoms. The van der Waals surface area contributed by atoms with Crippen LogP contribution in [0.1, 0.15) is 40.5 Å². The summed E-state index contributed by atoms with van der Waals surface area (Å²) in [6.45, 7) is 7.67. The van der Waals surface area contributed by atoms with Crippen LogP contribution in [0.3, 0.4) is 0 Å². The highest BCUT2D eigenvalue weighted by Crippen LogP contribution is 2.50. The molecule has 0 radical (unpaired) electrons. The van der Waals surface area contributed by atoms with E-state index in [0.717, 1.165) is 6.42 Å². The monoisotopic (exact) mass is 200 g/mol. The maximum Gasteiger partial charge on any atom is 0.314 e. The minimum Gasteiger partial charge on any atom is -0.465 e. The maximum absolute atomic E-state index is 11.7. The summed E-state index contributed by atoms with van der Waals surface area (Å²) >= 11 is 0. The minimum atomic E-state index is -0.945. The fourth-order valence-corrected chi connectivity index (χ4v) is 2.18. The van der Waals surface area contributed by atoms with Gasteiger partial charge in [0.15, 0.2) is 0 Å². The molecule has 1 aliphatic carbocycles. The quantitative estimate of drug-likeness (QED) is 0.691. The van der Waals surface area contributed by atoms with Crippen molar-refractivity contribution in [3.05, 3.63) is 0 Å². The van der Waals surface area contributed by atoms with E-state index in [-0.39, 0.29) is 11.9 Å². The number of esters is 1. The maximum atomic E-state index is 11.7. The lowest BCUT2D eigenvalue weighted by molar-refractivity contribution is -0.169. The van der Waals surface area contributed by atoms with Crippen molar-refractivity contribution in [2.24, 2.45) is 11.3 Å². The zero-order valence-corrected chi connectivity index (χ0v) is 9.46. The number of hydrogen-bond donors (Lipinski definition) is 1. The van der Waals surface area contributed by atoms with Crippen molar-refractivity contribution in [3.8, 4) is 0 Å². The van der Waals surface area contributed by atoms with Crippen molar-refractivity contribution in [3.63, 3.8) is 0 Å². The van der Waals surface area contributed by atoms with E-state index >= 15 is 0 Å². The number of ether oxygens (including phenoxy) is 1. The Morgan fingerprint density at radius 2 is 2.14 bits per heavy atom. The number of aliphatic hydroxyl groups is 1. The summed E-state index contributed by atoms with van der Waals surface area (Å²) in [4.78, 5) is 11.7. The second kappa shape index (κ2) is 3.54. The second-order valence-electron chi connectivity index (χ2n) is 4.64. The predicted octanol–water partition coefficient (Wildman–Crippen LogP) is 1.74. The Labute approximate surface area is 85.5 Å². The second-order valence-corrected chi connectivity index (χ2v) is 4.64. The van der Waals surface area contributed by atoms with Gasteiger partial charge in [-0.05, 0) is 39.5 Å². The molecular formula is C11H20O3. The molecule has 0 unspecified atom stereocenters. The third-order valence-corrected chi connectivity index (χ3v) is 3.88. The first-order valence-electron chi connectivity index (χ1n) is 5.26. The third-order valence-electron chi connectivity index (χ3n) is 3.88. The summed E-state index contributed by atoms with van der Waals surface area (Å²) in [7, 11) is 0. The van der Waals surface area contributed by atoms with Crippen LogP contribution in [0.15, 0.2) is 0 Å². The van der Waals surface area contributed by atoms with Crippen LogP contribution in [-0.4, -0.2) is 23.3 Å². The third kappa shape index (κ3) is 1.44. The standard InChI is InChI=1S/C11H20O3/c1-5-14-9(12)10(3)7-6-8(2)11(10,4)13/h8,13H,5-7H2,1-4H3/t8-,10+,11+/m1/s1. The Balaban J connectivity index is 2.89. The van der Waals surface area contributed by atoms with E-state index in [1.165, 1.54) is 0 Å². The van der Waals surface area contributed by atoms with Crippen LogP contribution in [0.2, 0.25) is 0 Å². The average Bonchev–Trinajstić information content (AvgIpc) is 2.31. The van der Waals surface area contributed by atoms with Crippen LogP contribution in [0.4, 0.5) is 0 Å². The molecule has 0 aromatic rings. The fraction of sp³-hybridized carbons (Fsp3) is 0.909. The normalized spacial score (nSPS) is 42.5. The van der Waals surface area contributed by atoms with Crippen molar-refractivity contribution >= 4 is 5.97 Å². The van der Waals surface area contributed by atoms with E-state index in [1.54, 1.807) is 20.8 Å². The number of carbonyl (C=O) groups excluding carboxylic acids is 1. The van der Waals surface area contributed by atoms with Gasteiger partial charge in [-0.3, -0.25) is 4.79 Å². The molecule has 14 heavy (non-hydrogen) atoms. The molecule has 1 aliphatic rings. The van der Waals surface area contributed by atoms with Gasteiger partial charge in [-0.1, -0.05) is 6.92 Å². The molecule has 0 amide bonds. The Kier molecular flexibility index (Phi) is 2.91. The molecule has 0 aromatic carbocycles. The van der Waals surface area contributed by atoms with Crippen molar-refractivity contribution in [1.29, 1.82) is 0 Å². The number of carbonyl (C=O) groups is 1. The molecule has 3 atom stereocenters. The summed E-state index contributed by atoms with van der Waals surface area (Å²) in [5.41, 5.74) is -1.68. The molecule has 0 heterocycles. The Morgan fingerprint density at radius 1 is 1.57 bits per heavy atom. The number of rotatable bonds is 2. The van der Waals surface area contributed by atoms with Crippen LogP contribution in [0.5, 0.6) is 0 Å². The van der Waals surface area contributed by atoms with Gasteiger partial charge in [-0.25, -0.2) is 0 Å². The molecule has 1 rings (SSSR count). The lowest BCUT2D eigenvalue weighted by atomic mass is 9.74. The van der Waals surface area contributed by atoms with Gasteiger partial charge < -0.3 is 9.84 Å². The molecule has 1 fully saturated rings. The van der Waals surface area contributed by atoms with Gasteiger partial charge >= 0.3 is 5.97 Å². The Bertz CT molecular complexity index is 235.